The fourth-order valence-electron chi connectivity index (χ4n) is 2.31. The minimum atomic E-state index is 0.353. The molecule has 1 heterocycles. The normalized spacial score (nSPS) is 35.4. The number of amides is 1. The van der Waals surface area contributed by atoms with Gasteiger partial charge in [0.2, 0.25) is 5.91 Å². The van der Waals surface area contributed by atoms with E-state index in [1.54, 1.807) is 0 Å². The summed E-state index contributed by atoms with van der Waals surface area (Å²) in [7, 11) is 0. The summed E-state index contributed by atoms with van der Waals surface area (Å²) in [6, 6.07) is 0.538. The molecule has 1 saturated carbocycles. The van der Waals surface area contributed by atoms with Crippen LogP contribution >= 0.6 is 0 Å². The van der Waals surface area contributed by atoms with Crippen molar-refractivity contribution in [3.05, 3.63) is 0 Å². The highest BCUT2D eigenvalue weighted by Crippen LogP contribution is 2.37. The summed E-state index contributed by atoms with van der Waals surface area (Å²) < 4.78 is 0. The van der Waals surface area contributed by atoms with Gasteiger partial charge < -0.3 is 10.6 Å². The van der Waals surface area contributed by atoms with E-state index in [1.165, 1.54) is 6.42 Å². The number of nitrogens with two attached hydrogens (primary N) is 1. The maximum atomic E-state index is 11.4. The fourth-order valence-corrected chi connectivity index (χ4v) is 2.31. The van der Waals surface area contributed by atoms with Crippen LogP contribution in [0.15, 0.2) is 0 Å². The lowest BCUT2D eigenvalue weighted by atomic mass is 10.1. The average molecular weight is 154 g/mol. The van der Waals surface area contributed by atoms with Gasteiger partial charge in [-0.1, -0.05) is 0 Å². The zero-order valence-electron chi connectivity index (χ0n) is 6.62. The maximum absolute atomic E-state index is 11.4. The van der Waals surface area contributed by atoms with Crippen LogP contribution < -0.4 is 5.73 Å². The molecule has 2 rings (SSSR count). The molecule has 2 N–H and O–H groups in total. The van der Waals surface area contributed by atoms with Crippen molar-refractivity contribution in [2.75, 3.05) is 13.1 Å². The van der Waals surface area contributed by atoms with E-state index in [-0.39, 0.29) is 0 Å². The van der Waals surface area contributed by atoms with Gasteiger partial charge in [0.25, 0.3) is 0 Å². The molecule has 0 aromatic heterocycles. The van der Waals surface area contributed by atoms with Crippen molar-refractivity contribution < 1.29 is 4.79 Å². The quantitative estimate of drug-likeness (QED) is 0.606. The van der Waals surface area contributed by atoms with E-state index in [0.717, 1.165) is 19.4 Å². The predicted molar refractivity (Wildman–Crippen MR) is 41.9 cm³/mol. The summed E-state index contributed by atoms with van der Waals surface area (Å²) >= 11 is 0. The van der Waals surface area contributed by atoms with Crippen LogP contribution in [0.2, 0.25) is 0 Å². The Morgan fingerprint density at radius 3 is 2.91 bits per heavy atom. The van der Waals surface area contributed by atoms with Gasteiger partial charge in [-0.2, -0.15) is 0 Å². The third-order valence-corrected chi connectivity index (χ3v) is 2.85. The van der Waals surface area contributed by atoms with Crippen LogP contribution in [0, 0.1) is 5.92 Å². The van der Waals surface area contributed by atoms with Gasteiger partial charge >= 0.3 is 0 Å². The second-order valence-electron chi connectivity index (χ2n) is 3.48. The van der Waals surface area contributed by atoms with Crippen LogP contribution in [0.5, 0.6) is 0 Å². The molecule has 0 spiro atoms. The van der Waals surface area contributed by atoms with Gasteiger partial charge in [0.1, 0.15) is 0 Å². The standard InChI is InChI=1S/C8H14N2O/c9-3-4-10-7-2-1-6(5-7)8(10)11/h6-7H,1-5,9H2/t6-,7+/m1/s1. The first-order valence-corrected chi connectivity index (χ1v) is 4.33. The third kappa shape index (κ3) is 0.948. The van der Waals surface area contributed by atoms with Crippen molar-refractivity contribution in [1.82, 2.24) is 4.90 Å². The van der Waals surface area contributed by atoms with E-state index in [2.05, 4.69) is 0 Å². The van der Waals surface area contributed by atoms with Crippen LogP contribution in [0.1, 0.15) is 19.3 Å². The van der Waals surface area contributed by atoms with Crippen molar-refractivity contribution in [2.45, 2.75) is 25.3 Å². The Balaban J connectivity index is 2.05. The largest absolute Gasteiger partial charge is 0.338 e. The molecule has 3 heteroatoms. The molecule has 62 valence electrons. The molecule has 1 amide bonds. The second kappa shape index (κ2) is 2.48. The fraction of sp³-hybridized carbons (Fsp3) is 0.875. The van der Waals surface area contributed by atoms with Crippen molar-refractivity contribution >= 4 is 5.91 Å². The predicted octanol–water partition coefficient (Wildman–Crippen LogP) is -0.0440. The maximum Gasteiger partial charge on any atom is 0.226 e. The van der Waals surface area contributed by atoms with Crippen molar-refractivity contribution in [3.63, 3.8) is 0 Å². The van der Waals surface area contributed by atoms with Crippen LogP contribution in [0.3, 0.4) is 0 Å². The van der Waals surface area contributed by atoms with Gasteiger partial charge in [-0.3, -0.25) is 4.79 Å². The van der Waals surface area contributed by atoms with E-state index >= 15 is 0 Å². The smallest absolute Gasteiger partial charge is 0.226 e. The summed E-state index contributed by atoms with van der Waals surface area (Å²) in [5, 5.41) is 0. The molecular formula is C8H14N2O. The Labute approximate surface area is 66.5 Å². The highest BCUT2D eigenvalue weighted by atomic mass is 16.2. The number of carbonyl (C=O) groups excluding carboxylic acids is 1. The first-order chi connectivity index (χ1) is 5.33. The molecule has 1 saturated heterocycles. The van der Waals surface area contributed by atoms with Crippen LogP contribution in [-0.4, -0.2) is 29.9 Å². The van der Waals surface area contributed by atoms with Gasteiger partial charge in [-0.25, -0.2) is 0 Å². The molecule has 0 aromatic rings. The van der Waals surface area contributed by atoms with Crippen LogP contribution in [-0.2, 0) is 4.79 Å². The first-order valence-electron chi connectivity index (χ1n) is 4.33. The van der Waals surface area contributed by atoms with Crippen LogP contribution in [0.25, 0.3) is 0 Å². The Morgan fingerprint density at radius 2 is 2.36 bits per heavy atom. The van der Waals surface area contributed by atoms with Crippen molar-refractivity contribution in [3.8, 4) is 0 Å². The minimum absolute atomic E-state index is 0.353. The lowest BCUT2D eigenvalue weighted by Gasteiger charge is -2.26. The summed E-state index contributed by atoms with van der Waals surface area (Å²) in [4.78, 5) is 13.4. The van der Waals surface area contributed by atoms with E-state index in [9.17, 15) is 4.79 Å². The Kier molecular flexibility index (Phi) is 1.60. The minimum Gasteiger partial charge on any atom is -0.338 e. The van der Waals surface area contributed by atoms with Crippen molar-refractivity contribution in [1.29, 1.82) is 0 Å². The summed E-state index contributed by atoms with van der Waals surface area (Å²) in [6.07, 6.45) is 3.42. The number of fused-ring (bicyclic) bond motifs is 2. The number of piperidine rings is 1. The molecule has 1 aliphatic heterocycles. The highest BCUT2D eigenvalue weighted by molar-refractivity contribution is 5.82. The lowest BCUT2D eigenvalue weighted by molar-refractivity contribution is -0.133. The molecule has 1 aliphatic carbocycles. The van der Waals surface area contributed by atoms with E-state index in [0.29, 0.717) is 24.4 Å². The summed E-state index contributed by atoms with van der Waals surface area (Å²) in [5.74, 6) is 0.707. The number of likely N-dealkylation sites (tertiary alicyclic amines) is 1. The van der Waals surface area contributed by atoms with Gasteiger partial charge in [0.05, 0.1) is 0 Å². The zero-order valence-corrected chi connectivity index (χ0v) is 6.62. The summed E-state index contributed by atoms with van der Waals surface area (Å²) in [5.41, 5.74) is 5.41. The molecule has 2 atom stereocenters. The molecule has 2 fully saturated rings. The number of hydrogen-bond donors (Lipinski definition) is 1. The lowest BCUT2D eigenvalue weighted by Crippen LogP contribution is -2.40. The topological polar surface area (TPSA) is 46.3 Å². The van der Waals surface area contributed by atoms with E-state index < -0.39 is 0 Å². The Bertz CT molecular complexity index is 181. The first kappa shape index (κ1) is 7.10. The Hall–Kier alpha value is -0.570. The molecule has 0 unspecified atom stereocenters. The average Bonchev–Trinajstić information content (AvgIpc) is 2.54. The van der Waals surface area contributed by atoms with Gasteiger partial charge in [-0.15, -0.1) is 0 Å². The number of carbonyl (C=O) groups is 1. The molecule has 3 nitrogen and oxygen atoms in total. The number of hydrogen-bond acceptors (Lipinski definition) is 2. The third-order valence-electron chi connectivity index (χ3n) is 2.85. The molecule has 0 radical (unpaired) electrons. The van der Waals surface area contributed by atoms with E-state index in [1.807, 2.05) is 4.90 Å². The molecule has 11 heavy (non-hydrogen) atoms. The SMILES string of the molecule is NCCN1C(=O)[C@@H]2CC[C@H]1C2. The molecular weight excluding hydrogens is 140 g/mol. The molecule has 0 aromatic carbocycles. The monoisotopic (exact) mass is 154 g/mol. The Morgan fingerprint density at radius 1 is 1.55 bits per heavy atom. The number of rotatable bonds is 2. The van der Waals surface area contributed by atoms with Crippen LogP contribution in [0.4, 0.5) is 0 Å². The molecule has 2 aliphatic rings. The van der Waals surface area contributed by atoms with E-state index in [4.69, 9.17) is 5.73 Å². The van der Waals surface area contributed by atoms with Gasteiger partial charge in [-0.05, 0) is 19.3 Å². The van der Waals surface area contributed by atoms with Gasteiger partial charge in [0.15, 0.2) is 0 Å². The highest BCUT2D eigenvalue weighted by Gasteiger charge is 2.43. The summed E-state index contributed by atoms with van der Waals surface area (Å²) in [6.45, 7) is 1.37. The van der Waals surface area contributed by atoms with Crippen molar-refractivity contribution in [2.24, 2.45) is 11.7 Å². The van der Waals surface area contributed by atoms with Gasteiger partial charge in [0, 0.05) is 25.0 Å². The zero-order chi connectivity index (χ0) is 7.84. The molecule has 2 bridgehead atoms. The second-order valence-corrected chi connectivity index (χ2v) is 3.48. The number of nitrogens with zero attached hydrogens (tertiary/aromatic N) is 1.